The summed E-state index contributed by atoms with van der Waals surface area (Å²) in [6, 6.07) is 8.02. The number of hydrogen-bond donors (Lipinski definition) is 10. The summed E-state index contributed by atoms with van der Waals surface area (Å²) in [5.74, 6) is -3.27. The number of aryl methyl sites for hydroxylation is 1. The molecular formula is C74H112N10O28. The number of aliphatic hydroxyl groups is 4. The normalized spacial score (nSPS) is 16.5. The van der Waals surface area contributed by atoms with Gasteiger partial charge in [0.15, 0.2) is 5.82 Å². The fourth-order valence-corrected chi connectivity index (χ4v) is 11.0. The molecule has 626 valence electrons. The summed E-state index contributed by atoms with van der Waals surface area (Å²) in [5.41, 5.74) is 8.53. The van der Waals surface area contributed by atoms with Gasteiger partial charge in [0, 0.05) is 83.1 Å². The van der Waals surface area contributed by atoms with E-state index in [1.165, 1.54) is 25.3 Å². The number of hydrogen-bond acceptors (Lipinski definition) is 31. The summed E-state index contributed by atoms with van der Waals surface area (Å²) in [6.45, 7) is 10.7. The van der Waals surface area contributed by atoms with E-state index in [1.54, 1.807) is 25.3 Å². The van der Waals surface area contributed by atoms with Crippen LogP contribution in [0.3, 0.4) is 0 Å². The lowest BCUT2D eigenvalue weighted by atomic mass is 9.99. The Labute approximate surface area is 649 Å². The zero-order valence-electron chi connectivity index (χ0n) is 64.1. The number of nitrogens with two attached hydrogens (primary N) is 1. The Balaban J connectivity index is 0.857. The maximum atomic E-state index is 13.8. The number of fused-ring (bicyclic) bond motifs is 3. The molecule has 7 amide bonds. The van der Waals surface area contributed by atoms with Gasteiger partial charge in [0.1, 0.15) is 54.2 Å². The molecule has 0 saturated carbocycles. The van der Waals surface area contributed by atoms with Gasteiger partial charge in [-0.25, -0.2) is 19.6 Å². The highest BCUT2D eigenvalue weighted by Crippen LogP contribution is 2.33. The van der Waals surface area contributed by atoms with Gasteiger partial charge in [-0.15, -0.1) is 0 Å². The van der Waals surface area contributed by atoms with Crippen LogP contribution in [0.1, 0.15) is 80.0 Å². The topological polar surface area (TPSA) is 485 Å². The molecule has 0 spiro atoms. The number of nitrogens with zero attached hydrogens (tertiary/aromatic N) is 4. The second kappa shape index (κ2) is 54.5. The second-order valence-electron chi connectivity index (χ2n) is 25.3. The number of unbranched alkanes of at least 4 members (excludes halogenated alkanes) is 2. The van der Waals surface area contributed by atoms with Crippen LogP contribution in [-0.4, -0.2) is 323 Å². The van der Waals surface area contributed by atoms with Crippen molar-refractivity contribution in [2.24, 2.45) is 0 Å². The summed E-state index contributed by atoms with van der Waals surface area (Å²) >= 11 is 0. The van der Waals surface area contributed by atoms with Crippen LogP contribution in [0.25, 0.3) is 21.9 Å². The highest BCUT2D eigenvalue weighted by molar-refractivity contribution is 6.13. The highest BCUT2D eigenvalue weighted by Gasteiger charge is 2.45. The van der Waals surface area contributed by atoms with Crippen LogP contribution in [0.5, 0.6) is 5.75 Å². The lowest BCUT2D eigenvalue weighted by molar-refractivity contribution is -0.277. The van der Waals surface area contributed by atoms with Crippen molar-refractivity contribution in [1.29, 1.82) is 0 Å². The van der Waals surface area contributed by atoms with Gasteiger partial charge in [-0.05, 0) is 61.6 Å². The Hall–Kier alpha value is -8.26. The van der Waals surface area contributed by atoms with E-state index in [4.69, 9.17) is 86.5 Å². The van der Waals surface area contributed by atoms with Gasteiger partial charge in [-0.3, -0.25) is 33.7 Å². The van der Waals surface area contributed by atoms with Crippen molar-refractivity contribution < 1.29 is 135 Å². The van der Waals surface area contributed by atoms with Crippen LogP contribution in [0.2, 0.25) is 0 Å². The van der Waals surface area contributed by atoms with E-state index < -0.39 is 85.0 Å². The van der Waals surface area contributed by atoms with Crippen LogP contribution in [0.4, 0.5) is 16.3 Å². The van der Waals surface area contributed by atoms with E-state index in [2.05, 4.69) is 31.6 Å². The molecule has 0 bridgehead atoms. The number of ether oxygens (including phenoxy) is 16. The van der Waals surface area contributed by atoms with Gasteiger partial charge in [0.25, 0.3) is 11.8 Å². The number of benzene rings is 2. The number of methoxy groups -OCH3 is 2. The smallest absolute Gasteiger partial charge is 0.407 e. The SMILES string of the molecule is CCCCc1nc2c(N)nc3cc(C(=O)OC)ccc3c2n1CCNC(=O)OCc1ccc(O[C@H]2O[C@H](CO)[C@@H](O)[C@H](O)[C@@H]2O)c(NC(=O)CCNC(=O)[C@H](CCCCNC(=O)CCOCCOCCOCCOCCOCCOCCOCCOCCOCCOCCOCCOC)NC(=O)CCN2C(=O)C=CC2=O)c1. The molecule has 38 nitrogen and oxygen atoms in total. The first-order valence-electron chi connectivity index (χ1n) is 37.6. The second-order valence-corrected chi connectivity index (χ2v) is 25.3. The molecule has 2 aromatic heterocycles. The van der Waals surface area contributed by atoms with Gasteiger partial charge in [-0.2, -0.15) is 0 Å². The molecule has 6 rings (SSSR count). The molecule has 4 heterocycles. The van der Waals surface area contributed by atoms with Gasteiger partial charge >= 0.3 is 12.1 Å². The maximum absolute atomic E-state index is 13.8. The number of carbonyl (C=O) groups excluding carboxylic acids is 8. The summed E-state index contributed by atoms with van der Waals surface area (Å²) in [5, 5.41) is 55.8. The van der Waals surface area contributed by atoms with Gasteiger partial charge in [0.2, 0.25) is 29.9 Å². The average molecular weight is 1590 g/mol. The molecule has 0 aliphatic carbocycles. The van der Waals surface area contributed by atoms with Crippen LogP contribution >= 0.6 is 0 Å². The van der Waals surface area contributed by atoms with Crippen LogP contribution in [0.15, 0.2) is 48.6 Å². The molecule has 0 unspecified atom stereocenters. The van der Waals surface area contributed by atoms with E-state index >= 15 is 0 Å². The minimum absolute atomic E-state index is 0.0523. The van der Waals surface area contributed by atoms with E-state index in [0.29, 0.717) is 185 Å². The molecule has 0 radical (unpaired) electrons. The third-order valence-corrected chi connectivity index (χ3v) is 17.0. The molecule has 2 aliphatic heterocycles. The Kier molecular flexibility index (Phi) is 45.0. The Morgan fingerprint density at radius 2 is 1.16 bits per heavy atom. The number of imide groups is 1. The van der Waals surface area contributed by atoms with E-state index in [1.807, 2.05) is 11.5 Å². The molecule has 4 aromatic rings. The van der Waals surface area contributed by atoms with Crippen molar-refractivity contribution in [3.63, 3.8) is 0 Å². The van der Waals surface area contributed by atoms with Crippen molar-refractivity contribution >= 4 is 80.9 Å². The fraction of sp³-hybridized carbons (Fsp3) is 0.649. The zero-order chi connectivity index (χ0) is 80.5. The van der Waals surface area contributed by atoms with Crippen LogP contribution in [0, 0.1) is 0 Å². The number of aromatic nitrogens is 3. The minimum atomic E-state index is -1.83. The fourth-order valence-electron chi connectivity index (χ4n) is 11.0. The summed E-state index contributed by atoms with van der Waals surface area (Å²) in [7, 11) is 2.90. The van der Waals surface area contributed by atoms with E-state index in [0.717, 1.165) is 29.9 Å². The highest BCUT2D eigenvalue weighted by atomic mass is 16.7. The summed E-state index contributed by atoms with van der Waals surface area (Å²) in [4.78, 5) is 114. The first kappa shape index (κ1) is 92.6. The third-order valence-electron chi connectivity index (χ3n) is 17.0. The van der Waals surface area contributed by atoms with E-state index in [9.17, 15) is 58.8 Å². The quantitative estimate of drug-likeness (QED) is 0.0160. The number of imidazole rings is 1. The number of aliphatic hydroxyl groups excluding tert-OH is 4. The standard InChI is InChI=1S/C74H112N10O28/c1-4-5-9-59-82-65-66(53-12-11-52(72(95)98-3)48-55(53)81-70(65)75)83(59)23-21-78-74(96)110-50-51-10-13-57(111-73-69(93)68(92)67(91)58(49-85)112-73)56(47-51)80-61(87)16-20-77-71(94)54(79-62(88)17-22-84-63(89)14-15-64(84)90)8-6-7-19-76-60(86)18-24-99-27-28-101-31-32-103-35-36-105-39-40-107-43-44-109-46-45-108-42-41-106-38-37-104-34-33-102-30-29-100-26-25-97-2/h10-15,47-48,54,58,67-69,73,85,91-93H,4-9,16-46,49-50H2,1-3H3,(H2,75,81)(H,76,86)(H,77,94)(H,78,96)(H,79,88)(H,80,87)/t54-,58+,67+,68-,69-,73-/m0/s1. The predicted molar refractivity (Wildman–Crippen MR) is 399 cm³/mol. The molecule has 11 N–H and O–H groups in total. The molecular weight excluding hydrogens is 1480 g/mol. The monoisotopic (exact) mass is 1590 g/mol. The minimum Gasteiger partial charge on any atom is -0.465 e. The van der Waals surface area contributed by atoms with Crippen molar-refractivity contribution in [3.05, 3.63) is 65.5 Å². The van der Waals surface area contributed by atoms with Gasteiger partial charge in [0.05, 0.1) is 188 Å². The molecule has 112 heavy (non-hydrogen) atoms. The largest absolute Gasteiger partial charge is 0.465 e. The van der Waals surface area contributed by atoms with Crippen LogP contribution in [-0.2, 0) is 119 Å². The van der Waals surface area contributed by atoms with Gasteiger partial charge in [-0.1, -0.05) is 19.4 Å². The lowest BCUT2D eigenvalue weighted by Crippen LogP contribution is -2.60. The molecule has 6 atom stereocenters. The average Bonchev–Trinajstić information content (AvgIpc) is 1.58. The number of nitrogens with one attached hydrogen (secondary N) is 5. The molecule has 2 aliphatic rings. The number of alkyl carbamates (subject to hydrolysis) is 1. The summed E-state index contributed by atoms with van der Waals surface area (Å²) in [6.07, 6.45) is -4.52. The first-order valence-corrected chi connectivity index (χ1v) is 37.6. The van der Waals surface area contributed by atoms with Crippen molar-refractivity contribution in [3.8, 4) is 5.75 Å². The number of esters is 1. The number of amides is 7. The van der Waals surface area contributed by atoms with Crippen LogP contribution < -0.4 is 37.1 Å². The molecule has 2 aromatic carbocycles. The number of rotatable bonds is 62. The zero-order valence-corrected chi connectivity index (χ0v) is 64.1. The first-order chi connectivity index (χ1) is 54.5. The van der Waals surface area contributed by atoms with Crippen molar-refractivity contribution in [2.45, 2.75) is 115 Å². The maximum Gasteiger partial charge on any atom is 0.407 e. The van der Waals surface area contributed by atoms with Crippen molar-refractivity contribution in [1.82, 2.24) is 40.7 Å². The Morgan fingerprint density at radius 3 is 1.71 bits per heavy atom. The van der Waals surface area contributed by atoms with Crippen molar-refractivity contribution in [2.75, 3.05) is 210 Å². The number of anilines is 2. The molecule has 38 heteroatoms. The number of carbonyl (C=O) groups is 8. The lowest BCUT2D eigenvalue weighted by Gasteiger charge is -2.39. The predicted octanol–water partition coefficient (Wildman–Crippen LogP) is 0.151. The Morgan fingerprint density at radius 1 is 0.589 bits per heavy atom. The van der Waals surface area contributed by atoms with E-state index in [-0.39, 0.29) is 114 Å². The van der Waals surface area contributed by atoms with Gasteiger partial charge < -0.3 is 133 Å². The summed E-state index contributed by atoms with van der Waals surface area (Å²) < 4.78 is 89.2. The Bertz CT molecular complexity index is 3500. The number of nitrogen functional groups attached to an aromatic ring is 1. The third kappa shape index (κ3) is 34.2. The molecule has 1 saturated heterocycles. The number of pyridine rings is 1. The molecule has 1 fully saturated rings.